The van der Waals surface area contributed by atoms with Gasteiger partial charge in [-0.15, -0.1) is 22.7 Å². The Kier molecular flexibility index (Phi) is 5.65. The monoisotopic (exact) mass is 481 g/mol. The van der Waals surface area contributed by atoms with Crippen LogP contribution in [-0.2, 0) is 6.42 Å². The van der Waals surface area contributed by atoms with Gasteiger partial charge in [0.2, 0.25) is 0 Å². The summed E-state index contributed by atoms with van der Waals surface area (Å²) in [5.41, 5.74) is 3.68. The van der Waals surface area contributed by atoms with E-state index in [0.29, 0.717) is 32.9 Å². The van der Waals surface area contributed by atoms with E-state index in [4.69, 9.17) is 16.3 Å². The van der Waals surface area contributed by atoms with Gasteiger partial charge < -0.3 is 10.1 Å². The van der Waals surface area contributed by atoms with Crippen LogP contribution in [0.2, 0.25) is 5.02 Å². The lowest BCUT2D eigenvalue weighted by atomic mass is 10.1. The summed E-state index contributed by atoms with van der Waals surface area (Å²) in [6, 6.07) is 14.3. The Morgan fingerprint density at radius 1 is 1.03 bits per heavy atom. The van der Waals surface area contributed by atoms with Crippen molar-refractivity contribution in [1.82, 2.24) is 4.98 Å². The Hall–Kier alpha value is -3.20. The van der Waals surface area contributed by atoms with Crippen LogP contribution in [0.5, 0.6) is 5.75 Å². The van der Waals surface area contributed by atoms with Gasteiger partial charge in [-0.1, -0.05) is 17.7 Å². The van der Waals surface area contributed by atoms with Crippen LogP contribution < -0.4 is 15.4 Å². The van der Waals surface area contributed by atoms with E-state index in [1.165, 1.54) is 28.2 Å². The molecule has 2 amide bonds. The van der Waals surface area contributed by atoms with E-state index in [1.54, 1.807) is 30.3 Å². The van der Waals surface area contributed by atoms with E-state index in [0.717, 1.165) is 23.4 Å². The van der Waals surface area contributed by atoms with Crippen LogP contribution in [0.1, 0.15) is 25.6 Å². The van der Waals surface area contributed by atoms with Gasteiger partial charge in [0.25, 0.3) is 11.8 Å². The van der Waals surface area contributed by atoms with E-state index in [1.807, 2.05) is 22.9 Å². The maximum absolute atomic E-state index is 12.8. The number of benzene rings is 2. The number of nitrogens with one attached hydrogen (secondary N) is 2. The number of nitrogens with zero attached hydrogens (tertiary/aromatic N) is 1. The Bertz CT molecular complexity index is 1320. The number of anilines is 2. The van der Waals surface area contributed by atoms with Gasteiger partial charge in [0, 0.05) is 22.9 Å². The van der Waals surface area contributed by atoms with Crippen LogP contribution in [-0.4, -0.2) is 23.4 Å². The second kappa shape index (κ2) is 8.74. The van der Waals surface area contributed by atoms with Crippen LogP contribution in [0.15, 0.2) is 59.3 Å². The Balaban J connectivity index is 1.31. The molecule has 0 radical (unpaired) electrons. The standard InChI is InChI=1S/C23H16ClN3O3S2/c24-16-5-3-15(11-17(16)25-22(29)20-2-1-9-31-20)21(28)27-23-26-18(12-32-23)13-4-6-19-14(10-13)7-8-30-19/h1-6,9-12H,7-8H2,(H,25,29)(H,26,27,28). The third kappa shape index (κ3) is 4.25. The average Bonchev–Trinajstić information content (AvgIpc) is 3.56. The van der Waals surface area contributed by atoms with E-state index < -0.39 is 0 Å². The van der Waals surface area contributed by atoms with Crippen molar-refractivity contribution in [3.8, 4) is 17.0 Å². The zero-order valence-electron chi connectivity index (χ0n) is 16.6. The fourth-order valence-electron chi connectivity index (χ4n) is 3.33. The van der Waals surface area contributed by atoms with Gasteiger partial charge in [-0.3, -0.25) is 14.9 Å². The largest absolute Gasteiger partial charge is 0.493 e. The highest BCUT2D eigenvalue weighted by molar-refractivity contribution is 7.14. The molecule has 0 spiro atoms. The third-order valence-electron chi connectivity index (χ3n) is 4.93. The number of thiazole rings is 1. The van der Waals surface area contributed by atoms with Crippen LogP contribution in [0.3, 0.4) is 0 Å². The Labute approximate surface area is 196 Å². The zero-order chi connectivity index (χ0) is 22.1. The molecular weight excluding hydrogens is 466 g/mol. The molecule has 0 unspecified atom stereocenters. The first-order chi connectivity index (χ1) is 15.6. The summed E-state index contributed by atoms with van der Waals surface area (Å²) >= 11 is 8.89. The van der Waals surface area contributed by atoms with Gasteiger partial charge in [0.1, 0.15) is 5.75 Å². The summed E-state index contributed by atoms with van der Waals surface area (Å²) in [6.07, 6.45) is 0.888. The number of carbonyl (C=O) groups is 2. The maximum atomic E-state index is 12.8. The minimum Gasteiger partial charge on any atom is -0.493 e. The lowest BCUT2D eigenvalue weighted by molar-refractivity contribution is 0.101. The van der Waals surface area contributed by atoms with Crippen molar-refractivity contribution in [1.29, 1.82) is 0 Å². The third-order valence-corrected chi connectivity index (χ3v) is 6.89. The van der Waals surface area contributed by atoms with Crippen molar-refractivity contribution >= 4 is 56.9 Å². The molecule has 0 saturated carbocycles. The van der Waals surface area contributed by atoms with Gasteiger partial charge >= 0.3 is 0 Å². The Morgan fingerprint density at radius 2 is 1.94 bits per heavy atom. The first kappa shape index (κ1) is 20.7. The maximum Gasteiger partial charge on any atom is 0.265 e. The molecule has 0 bridgehead atoms. The summed E-state index contributed by atoms with van der Waals surface area (Å²) in [6.45, 7) is 0.702. The lowest BCUT2D eigenvalue weighted by Gasteiger charge is -2.09. The molecule has 5 rings (SSSR count). The fraction of sp³-hybridized carbons (Fsp3) is 0.0870. The predicted molar refractivity (Wildman–Crippen MR) is 128 cm³/mol. The molecule has 3 heterocycles. The molecule has 4 aromatic rings. The van der Waals surface area contributed by atoms with Crippen molar-refractivity contribution in [3.63, 3.8) is 0 Å². The number of aromatic nitrogens is 1. The highest BCUT2D eigenvalue weighted by Crippen LogP contribution is 2.32. The van der Waals surface area contributed by atoms with Crippen LogP contribution in [0.25, 0.3) is 11.3 Å². The zero-order valence-corrected chi connectivity index (χ0v) is 18.9. The summed E-state index contributed by atoms with van der Waals surface area (Å²) in [5, 5.41) is 10.1. The van der Waals surface area contributed by atoms with Crippen molar-refractivity contribution in [2.24, 2.45) is 0 Å². The Morgan fingerprint density at radius 3 is 2.78 bits per heavy atom. The van der Waals surface area contributed by atoms with E-state index in [9.17, 15) is 9.59 Å². The molecule has 2 aromatic carbocycles. The lowest BCUT2D eigenvalue weighted by Crippen LogP contribution is -2.14. The molecule has 9 heteroatoms. The quantitative estimate of drug-likeness (QED) is 0.368. The fourth-order valence-corrected chi connectivity index (χ4v) is 4.83. The number of halogens is 1. The smallest absolute Gasteiger partial charge is 0.265 e. The van der Waals surface area contributed by atoms with Crippen molar-refractivity contribution < 1.29 is 14.3 Å². The van der Waals surface area contributed by atoms with Crippen molar-refractivity contribution in [2.75, 3.05) is 17.2 Å². The van der Waals surface area contributed by atoms with Gasteiger partial charge in [-0.05, 0) is 53.4 Å². The molecule has 6 nitrogen and oxygen atoms in total. The second-order valence-corrected chi connectivity index (χ2v) is 9.25. The molecule has 160 valence electrons. The highest BCUT2D eigenvalue weighted by atomic mass is 35.5. The van der Waals surface area contributed by atoms with Gasteiger partial charge in [0.05, 0.1) is 27.9 Å². The molecule has 1 aliphatic rings. The minimum atomic E-state index is -0.337. The number of ether oxygens (including phenoxy) is 1. The normalized spacial score (nSPS) is 12.2. The first-order valence-electron chi connectivity index (χ1n) is 9.74. The summed E-state index contributed by atoms with van der Waals surface area (Å²) in [7, 11) is 0. The molecule has 2 aromatic heterocycles. The average molecular weight is 482 g/mol. The molecule has 0 saturated heterocycles. The molecule has 32 heavy (non-hydrogen) atoms. The SMILES string of the molecule is O=C(Nc1nc(-c2ccc3c(c2)CCO3)cs1)c1ccc(Cl)c(NC(=O)c2cccs2)c1. The summed E-state index contributed by atoms with van der Waals surface area (Å²) in [5.74, 6) is 0.308. The second-order valence-electron chi connectivity index (χ2n) is 7.04. The number of carbonyl (C=O) groups excluding carboxylic acids is 2. The topological polar surface area (TPSA) is 80.3 Å². The number of hydrogen-bond acceptors (Lipinski definition) is 6. The molecule has 2 N–H and O–H groups in total. The molecule has 0 aliphatic carbocycles. The molecule has 0 atom stereocenters. The summed E-state index contributed by atoms with van der Waals surface area (Å²) in [4.78, 5) is 30.2. The van der Waals surface area contributed by atoms with Crippen molar-refractivity contribution in [2.45, 2.75) is 6.42 Å². The molecular formula is C23H16ClN3O3S2. The minimum absolute atomic E-state index is 0.274. The first-order valence-corrected chi connectivity index (χ1v) is 11.9. The van der Waals surface area contributed by atoms with Gasteiger partial charge in [-0.25, -0.2) is 4.98 Å². The predicted octanol–water partition coefficient (Wildman–Crippen LogP) is 5.96. The van der Waals surface area contributed by atoms with Crippen molar-refractivity contribution in [3.05, 3.63) is 80.3 Å². The number of fused-ring (bicyclic) bond motifs is 1. The van der Waals surface area contributed by atoms with Crippen LogP contribution in [0.4, 0.5) is 10.8 Å². The molecule has 1 aliphatic heterocycles. The number of hydrogen-bond donors (Lipinski definition) is 2. The van der Waals surface area contributed by atoms with Gasteiger partial charge in [0.15, 0.2) is 5.13 Å². The number of thiophene rings is 1. The highest BCUT2D eigenvalue weighted by Gasteiger charge is 2.16. The van der Waals surface area contributed by atoms with E-state index in [2.05, 4.69) is 21.7 Å². The van der Waals surface area contributed by atoms with E-state index >= 15 is 0 Å². The van der Waals surface area contributed by atoms with Crippen LogP contribution >= 0.6 is 34.3 Å². The van der Waals surface area contributed by atoms with E-state index in [-0.39, 0.29) is 11.8 Å². The number of rotatable bonds is 5. The number of amides is 2. The van der Waals surface area contributed by atoms with Gasteiger partial charge in [-0.2, -0.15) is 0 Å². The molecule has 0 fully saturated rings. The van der Waals surface area contributed by atoms with Crippen LogP contribution in [0, 0.1) is 0 Å². The summed E-state index contributed by atoms with van der Waals surface area (Å²) < 4.78 is 5.55.